The number of nitrogens with two attached hydrogens (primary N) is 1. The molecule has 0 amide bonds. The third kappa shape index (κ3) is 3.01. The van der Waals surface area contributed by atoms with Crippen molar-refractivity contribution >= 4 is 0 Å². The molecule has 2 nitrogen and oxygen atoms in total. The maximum Gasteiger partial charge on any atom is 0.121 e. The molecule has 94 valence electrons. The standard InChI is InChI=1S/C15H23NO/c1-11-9-12(7-8-15(11)17-2)10-13-5-3-4-6-14(13)16/h7-9,13-14H,3-6,10,16H2,1-2H3. The molecular weight excluding hydrogens is 210 g/mol. The molecule has 2 atom stereocenters. The average molecular weight is 233 g/mol. The van der Waals surface area contributed by atoms with Crippen LogP contribution >= 0.6 is 0 Å². The smallest absolute Gasteiger partial charge is 0.121 e. The summed E-state index contributed by atoms with van der Waals surface area (Å²) in [5.74, 6) is 1.64. The molecule has 1 aliphatic rings. The van der Waals surface area contributed by atoms with Gasteiger partial charge in [0.05, 0.1) is 7.11 Å². The summed E-state index contributed by atoms with van der Waals surface area (Å²) in [6, 6.07) is 6.87. The topological polar surface area (TPSA) is 35.2 Å². The number of rotatable bonds is 3. The van der Waals surface area contributed by atoms with E-state index in [1.54, 1.807) is 7.11 Å². The Balaban J connectivity index is 2.05. The summed E-state index contributed by atoms with van der Waals surface area (Å²) in [6.07, 6.45) is 6.24. The van der Waals surface area contributed by atoms with Gasteiger partial charge < -0.3 is 10.5 Å². The molecule has 1 aliphatic carbocycles. The first-order chi connectivity index (χ1) is 8.20. The van der Waals surface area contributed by atoms with Crippen LogP contribution in [0.4, 0.5) is 0 Å². The first-order valence-electron chi connectivity index (χ1n) is 6.60. The second-order valence-electron chi connectivity index (χ2n) is 5.22. The molecule has 0 bridgehead atoms. The highest BCUT2D eigenvalue weighted by Gasteiger charge is 2.21. The van der Waals surface area contributed by atoms with Gasteiger partial charge in [0.25, 0.3) is 0 Å². The van der Waals surface area contributed by atoms with E-state index in [-0.39, 0.29) is 0 Å². The molecule has 2 rings (SSSR count). The van der Waals surface area contributed by atoms with Crippen molar-refractivity contribution in [2.75, 3.05) is 7.11 Å². The van der Waals surface area contributed by atoms with Gasteiger partial charge in [-0.1, -0.05) is 25.0 Å². The van der Waals surface area contributed by atoms with Crippen LogP contribution in [0.1, 0.15) is 36.8 Å². The summed E-state index contributed by atoms with van der Waals surface area (Å²) >= 11 is 0. The predicted octanol–water partition coefficient (Wildman–Crippen LogP) is 3.06. The lowest BCUT2D eigenvalue weighted by Gasteiger charge is -2.28. The van der Waals surface area contributed by atoms with Crippen molar-refractivity contribution in [2.45, 2.75) is 45.1 Å². The van der Waals surface area contributed by atoms with E-state index in [1.165, 1.54) is 36.8 Å². The van der Waals surface area contributed by atoms with Gasteiger partial charge in [-0.25, -0.2) is 0 Å². The number of ether oxygens (including phenoxy) is 1. The molecule has 0 heterocycles. The molecule has 0 aromatic heterocycles. The van der Waals surface area contributed by atoms with Crippen LogP contribution in [0.2, 0.25) is 0 Å². The molecule has 0 saturated heterocycles. The lowest BCUT2D eigenvalue weighted by atomic mass is 9.81. The molecule has 1 aromatic carbocycles. The van der Waals surface area contributed by atoms with Crippen molar-refractivity contribution in [1.29, 1.82) is 0 Å². The van der Waals surface area contributed by atoms with Crippen LogP contribution < -0.4 is 10.5 Å². The van der Waals surface area contributed by atoms with Gasteiger partial charge in [0.15, 0.2) is 0 Å². The van der Waals surface area contributed by atoms with Gasteiger partial charge in [-0.15, -0.1) is 0 Å². The zero-order valence-electron chi connectivity index (χ0n) is 10.9. The second kappa shape index (κ2) is 5.54. The maximum absolute atomic E-state index is 6.20. The number of hydrogen-bond donors (Lipinski definition) is 1. The highest BCUT2D eigenvalue weighted by Crippen LogP contribution is 2.27. The molecule has 2 unspecified atom stereocenters. The van der Waals surface area contributed by atoms with Gasteiger partial charge in [-0.05, 0) is 49.3 Å². The van der Waals surface area contributed by atoms with E-state index >= 15 is 0 Å². The summed E-state index contributed by atoms with van der Waals surface area (Å²) in [5, 5.41) is 0. The van der Waals surface area contributed by atoms with Gasteiger partial charge in [-0.3, -0.25) is 0 Å². The summed E-state index contributed by atoms with van der Waals surface area (Å²) in [5.41, 5.74) is 8.81. The average Bonchev–Trinajstić information content (AvgIpc) is 2.32. The van der Waals surface area contributed by atoms with Crippen molar-refractivity contribution in [2.24, 2.45) is 11.7 Å². The third-order valence-corrected chi connectivity index (χ3v) is 3.93. The Hall–Kier alpha value is -1.02. The monoisotopic (exact) mass is 233 g/mol. The summed E-state index contributed by atoms with van der Waals surface area (Å²) in [7, 11) is 1.72. The van der Waals surface area contributed by atoms with E-state index < -0.39 is 0 Å². The SMILES string of the molecule is COc1ccc(CC2CCCCC2N)cc1C. The Morgan fingerprint density at radius 2 is 2.06 bits per heavy atom. The van der Waals surface area contributed by atoms with Crippen LogP contribution in [0.15, 0.2) is 18.2 Å². The van der Waals surface area contributed by atoms with Crippen molar-refractivity contribution in [3.63, 3.8) is 0 Å². The molecule has 0 radical (unpaired) electrons. The van der Waals surface area contributed by atoms with Gasteiger partial charge in [0, 0.05) is 6.04 Å². The fourth-order valence-corrected chi connectivity index (χ4v) is 2.86. The van der Waals surface area contributed by atoms with E-state index in [0.717, 1.165) is 12.2 Å². The predicted molar refractivity (Wildman–Crippen MR) is 71.4 cm³/mol. The van der Waals surface area contributed by atoms with Crippen molar-refractivity contribution in [1.82, 2.24) is 0 Å². The third-order valence-electron chi connectivity index (χ3n) is 3.93. The van der Waals surface area contributed by atoms with Crippen LogP contribution in [0.3, 0.4) is 0 Å². The van der Waals surface area contributed by atoms with Crippen LogP contribution in [0.5, 0.6) is 5.75 Å². The molecule has 0 aliphatic heterocycles. The minimum Gasteiger partial charge on any atom is -0.496 e. The first-order valence-corrected chi connectivity index (χ1v) is 6.60. The summed E-state index contributed by atoms with van der Waals surface area (Å²) in [6.45, 7) is 2.10. The number of aryl methyl sites for hydroxylation is 1. The van der Waals surface area contributed by atoms with Gasteiger partial charge in [0.1, 0.15) is 5.75 Å². The van der Waals surface area contributed by atoms with Gasteiger partial charge in [0.2, 0.25) is 0 Å². The van der Waals surface area contributed by atoms with Crippen molar-refractivity contribution < 1.29 is 4.74 Å². The Morgan fingerprint density at radius 3 is 2.71 bits per heavy atom. The maximum atomic E-state index is 6.20. The fraction of sp³-hybridized carbons (Fsp3) is 0.600. The second-order valence-corrected chi connectivity index (χ2v) is 5.22. The molecule has 1 saturated carbocycles. The Labute approximate surface area is 104 Å². The Kier molecular flexibility index (Phi) is 4.06. The minimum atomic E-state index is 0.395. The number of methoxy groups -OCH3 is 1. The zero-order chi connectivity index (χ0) is 12.3. The molecule has 1 aromatic rings. The molecule has 2 N–H and O–H groups in total. The van der Waals surface area contributed by atoms with Crippen molar-refractivity contribution in [3.05, 3.63) is 29.3 Å². The van der Waals surface area contributed by atoms with E-state index in [4.69, 9.17) is 10.5 Å². The molecule has 1 fully saturated rings. The first kappa shape index (κ1) is 12.4. The van der Waals surface area contributed by atoms with E-state index in [2.05, 4.69) is 25.1 Å². The van der Waals surface area contributed by atoms with Crippen molar-refractivity contribution in [3.8, 4) is 5.75 Å². The summed E-state index contributed by atoms with van der Waals surface area (Å²) < 4.78 is 5.29. The quantitative estimate of drug-likeness (QED) is 0.871. The Morgan fingerprint density at radius 1 is 1.29 bits per heavy atom. The molecule has 2 heteroatoms. The molecule has 17 heavy (non-hydrogen) atoms. The highest BCUT2D eigenvalue weighted by molar-refractivity contribution is 5.36. The zero-order valence-corrected chi connectivity index (χ0v) is 10.9. The lowest BCUT2D eigenvalue weighted by Crippen LogP contribution is -2.34. The molecular formula is C15H23NO. The van der Waals surface area contributed by atoms with Crippen LogP contribution in [-0.4, -0.2) is 13.2 Å². The van der Waals surface area contributed by atoms with E-state index in [1.807, 2.05) is 0 Å². The van der Waals surface area contributed by atoms with Gasteiger partial charge >= 0.3 is 0 Å². The van der Waals surface area contributed by atoms with E-state index in [0.29, 0.717) is 12.0 Å². The number of benzene rings is 1. The van der Waals surface area contributed by atoms with Crippen LogP contribution in [0.25, 0.3) is 0 Å². The fourth-order valence-electron chi connectivity index (χ4n) is 2.86. The Bertz CT molecular complexity index is 375. The molecule has 0 spiro atoms. The van der Waals surface area contributed by atoms with Gasteiger partial charge in [-0.2, -0.15) is 0 Å². The largest absolute Gasteiger partial charge is 0.496 e. The van der Waals surface area contributed by atoms with E-state index in [9.17, 15) is 0 Å². The highest BCUT2D eigenvalue weighted by atomic mass is 16.5. The summed E-state index contributed by atoms with van der Waals surface area (Å²) in [4.78, 5) is 0. The normalized spacial score (nSPS) is 24.6. The lowest BCUT2D eigenvalue weighted by molar-refractivity contribution is 0.306. The van der Waals surface area contributed by atoms with Crippen LogP contribution in [0, 0.1) is 12.8 Å². The minimum absolute atomic E-state index is 0.395. The van der Waals surface area contributed by atoms with Crippen LogP contribution in [-0.2, 0) is 6.42 Å². The number of hydrogen-bond acceptors (Lipinski definition) is 2.